The smallest absolute Gasteiger partial charge is 0.270 e. The molecule has 0 saturated heterocycles. The number of rotatable bonds is 2. The van der Waals surface area contributed by atoms with E-state index in [1.54, 1.807) is 0 Å². The predicted octanol–water partition coefficient (Wildman–Crippen LogP) is 2.45. The molecule has 1 N–H and O–H groups in total. The van der Waals surface area contributed by atoms with Gasteiger partial charge in [-0.05, 0) is 13.0 Å². The number of nitro groups is 1. The summed E-state index contributed by atoms with van der Waals surface area (Å²) < 4.78 is 0. The minimum atomic E-state index is -0.537. The van der Waals surface area contributed by atoms with Crippen LogP contribution in [-0.4, -0.2) is 15.8 Å². The van der Waals surface area contributed by atoms with Crippen LogP contribution in [0, 0.1) is 10.1 Å². The molecule has 0 aliphatic carbocycles. The molecule has 0 aliphatic heterocycles. The Bertz CT molecular complexity index is 404. The minimum Gasteiger partial charge on any atom is -0.411 e. The van der Waals surface area contributed by atoms with Crippen molar-refractivity contribution in [1.82, 2.24) is 0 Å². The molecule has 0 aromatic heterocycles. The predicted molar refractivity (Wildman–Crippen MR) is 52.1 cm³/mol. The Kier molecular flexibility index (Phi) is 3.03. The molecule has 0 amide bonds. The second-order valence-electron chi connectivity index (χ2n) is 2.61. The zero-order chi connectivity index (χ0) is 10.7. The van der Waals surface area contributed by atoms with Crippen LogP contribution in [0.15, 0.2) is 23.4 Å². The van der Waals surface area contributed by atoms with Gasteiger partial charge in [-0.15, -0.1) is 0 Å². The van der Waals surface area contributed by atoms with Crippen LogP contribution in [0.4, 0.5) is 5.69 Å². The van der Waals surface area contributed by atoms with E-state index in [2.05, 4.69) is 5.16 Å². The van der Waals surface area contributed by atoms with E-state index in [4.69, 9.17) is 16.8 Å². The zero-order valence-electron chi connectivity index (χ0n) is 7.27. The highest BCUT2D eigenvalue weighted by molar-refractivity contribution is 6.34. The van der Waals surface area contributed by atoms with Crippen molar-refractivity contribution in [1.29, 1.82) is 0 Å². The highest BCUT2D eigenvalue weighted by Crippen LogP contribution is 2.22. The molecule has 1 aromatic carbocycles. The Labute approximate surface area is 84.8 Å². The van der Waals surface area contributed by atoms with Gasteiger partial charge in [-0.2, -0.15) is 0 Å². The number of halogens is 1. The van der Waals surface area contributed by atoms with Crippen molar-refractivity contribution < 1.29 is 10.1 Å². The Morgan fingerprint density at radius 3 is 2.79 bits per heavy atom. The van der Waals surface area contributed by atoms with Crippen LogP contribution in [0.25, 0.3) is 0 Å². The lowest BCUT2D eigenvalue weighted by Crippen LogP contribution is -1.97. The maximum atomic E-state index is 10.4. The molecule has 1 aromatic rings. The van der Waals surface area contributed by atoms with Gasteiger partial charge in [-0.1, -0.05) is 16.8 Å². The number of oxime groups is 1. The van der Waals surface area contributed by atoms with Crippen LogP contribution in [0.1, 0.15) is 12.5 Å². The number of benzene rings is 1. The van der Waals surface area contributed by atoms with Gasteiger partial charge < -0.3 is 5.21 Å². The summed E-state index contributed by atoms with van der Waals surface area (Å²) in [6, 6.07) is 3.94. The summed E-state index contributed by atoms with van der Waals surface area (Å²) in [4.78, 5) is 9.90. The number of hydrogen-bond acceptors (Lipinski definition) is 4. The van der Waals surface area contributed by atoms with Crippen LogP contribution in [0.5, 0.6) is 0 Å². The summed E-state index contributed by atoms with van der Waals surface area (Å²) in [6.07, 6.45) is 0. The first-order valence-corrected chi connectivity index (χ1v) is 4.07. The maximum absolute atomic E-state index is 10.4. The lowest BCUT2D eigenvalue weighted by Gasteiger charge is -2.01. The Morgan fingerprint density at radius 1 is 1.64 bits per heavy atom. The van der Waals surface area contributed by atoms with Crippen molar-refractivity contribution in [2.24, 2.45) is 5.16 Å². The average molecular weight is 215 g/mol. The van der Waals surface area contributed by atoms with Gasteiger partial charge in [-0.3, -0.25) is 10.1 Å². The van der Waals surface area contributed by atoms with Crippen molar-refractivity contribution in [3.05, 3.63) is 38.9 Å². The molecule has 0 bridgehead atoms. The summed E-state index contributed by atoms with van der Waals surface area (Å²) in [7, 11) is 0. The van der Waals surface area contributed by atoms with E-state index in [1.165, 1.54) is 25.1 Å². The highest BCUT2D eigenvalue weighted by Gasteiger charge is 2.11. The van der Waals surface area contributed by atoms with Gasteiger partial charge in [0.05, 0.1) is 15.7 Å². The van der Waals surface area contributed by atoms with E-state index in [1.807, 2.05) is 0 Å². The third kappa shape index (κ3) is 2.00. The van der Waals surface area contributed by atoms with E-state index in [-0.39, 0.29) is 11.4 Å². The van der Waals surface area contributed by atoms with Crippen LogP contribution >= 0.6 is 11.6 Å². The molecule has 5 nitrogen and oxygen atoms in total. The van der Waals surface area contributed by atoms with Crippen molar-refractivity contribution in [3.8, 4) is 0 Å². The first-order chi connectivity index (χ1) is 6.56. The van der Waals surface area contributed by atoms with Gasteiger partial charge in [0.2, 0.25) is 0 Å². The molecule has 0 radical (unpaired) electrons. The van der Waals surface area contributed by atoms with Gasteiger partial charge in [-0.25, -0.2) is 0 Å². The van der Waals surface area contributed by atoms with Crippen LogP contribution in [-0.2, 0) is 0 Å². The lowest BCUT2D eigenvalue weighted by atomic mass is 10.1. The molecule has 0 heterocycles. The molecular formula is C8H7ClN2O3. The summed E-state index contributed by atoms with van der Waals surface area (Å²) >= 11 is 5.76. The standard InChI is InChI=1S/C8H7ClN2O3/c1-5(10-12)7-4-6(11(13)14)2-3-8(7)9/h2-4,12H,1H3/b10-5+. The van der Waals surface area contributed by atoms with Gasteiger partial charge in [0.25, 0.3) is 5.69 Å². The molecule has 0 atom stereocenters. The number of nitro benzene ring substituents is 1. The third-order valence-electron chi connectivity index (χ3n) is 1.70. The first-order valence-electron chi connectivity index (χ1n) is 3.69. The summed E-state index contributed by atoms with van der Waals surface area (Å²) in [5, 5.41) is 22.2. The third-order valence-corrected chi connectivity index (χ3v) is 2.03. The fourth-order valence-electron chi connectivity index (χ4n) is 0.958. The normalized spacial score (nSPS) is 11.4. The highest BCUT2D eigenvalue weighted by atomic mass is 35.5. The quantitative estimate of drug-likeness (QED) is 0.356. The summed E-state index contributed by atoms with van der Waals surface area (Å²) in [6.45, 7) is 1.50. The van der Waals surface area contributed by atoms with E-state index in [0.717, 1.165) is 0 Å². The SMILES string of the molecule is C/C(=N\O)c1cc([N+](=O)[O-])ccc1Cl. The van der Waals surface area contributed by atoms with Gasteiger partial charge in [0, 0.05) is 17.7 Å². The monoisotopic (exact) mass is 214 g/mol. The molecule has 1 rings (SSSR count). The largest absolute Gasteiger partial charge is 0.411 e. The van der Waals surface area contributed by atoms with Crippen LogP contribution in [0.3, 0.4) is 0 Å². The molecule has 0 unspecified atom stereocenters. The molecular weight excluding hydrogens is 208 g/mol. The fourth-order valence-corrected chi connectivity index (χ4v) is 1.21. The second-order valence-corrected chi connectivity index (χ2v) is 3.01. The van der Waals surface area contributed by atoms with Gasteiger partial charge in [0.15, 0.2) is 0 Å². The Balaban J connectivity index is 3.28. The average Bonchev–Trinajstić information content (AvgIpc) is 2.17. The van der Waals surface area contributed by atoms with Gasteiger partial charge >= 0.3 is 0 Å². The summed E-state index contributed by atoms with van der Waals surface area (Å²) in [5.74, 6) is 0. The maximum Gasteiger partial charge on any atom is 0.270 e. The van der Waals surface area contributed by atoms with Crippen molar-refractivity contribution >= 4 is 23.0 Å². The molecule has 14 heavy (non-hydrogen) atoms. The van der Waals surface area contributed by atoms with E-state index >= 15 is 0 Å². The molecule has 0 aliphatic rings. The lowest BCUT2D eigenvalue weighted by molar-refractivity contribution is -0.384. The minimum absolute atomic E-state index is 0.0904. The van der Waals surface area contributed by atoms with Crippen molar-refractivity contribution in [2.75, 3.05) is 0 Å². The molecule has 74 valence electrons. The number of hydrogen-bond donors (Lipinski definition) is 1. The molecule has 0 saturated carbocycles. The van der Waals surface area contributed by atoms with Crippen molar-refractivity contribution in [2.45, 2.75) is 6.92 Å². The van der Waals surface area contributed by atoms with Crippen LogP contribution < -0.4 is 0 Å². The fraction of sp³-hybridized carbons (Fsp3) is 0.125. The van der Waals surface area contributed by atoms with Gasteiger partial charge in [0.1, 0.15) is 0 Å². The number of nitrogens with zero attached hydrogens (tertiary/aromatic N) is 2. The number of non-ortho nitro benzene ring substituents is 1. The molecule has 0 spiro atoms. The van der Waals surface area contributed by atoms with E-state index in [9.17, 15) is 10.1 Å². The Hall–Kier alpha value is -1.62. The van der Waals surface area contributed by atoms with E-state index < -0.39 is 4.92 Å². The second kappa shape index (κ2) is 4.06. The molecule has 6 heteroatoms. The summed E-state index contributed by atoms with van der Waals surface area (Å²) in [5.41, 5.74) is 0.495. The zero-order valence-corrected chi connectivity index (χ0v) is 8.02. The topological polar surface area (TPSA) is 75.7 Å². The molecule has 0 fully saturated rings. The van der Waals surface area contributed by atoms with Crippen molar-refractivity contribution in [3.63, 3.8) is 0 Å². The van der Waals surface area contributed by atoms with E-state index in [0.29, 0.717) is 10.6 Å². The van der Waals surface area contributed by atoms with Crippen LogP contribution in [0.2, 0.25) is 5.02 Å². The first kappa shape index (κ1) is 10.5. The Morgan fingerprint density at radius 2 is 2.29 bits per heavy atom.